The minimum atomic E-state index is -0.110. The van der Waals surface area contributed by atoms with Crippen LogP contribution in [0.3, 0.4) is 0 Å². The fourth-order valence-electron chi connectivity index (χ4n) is 0.449. The second-order valence-electron chi connectivity index (χ2n) is 2.07. The second kappa shape index (κ2) is 5.28. The summed E-state index contributed by atoms with van der Waals surface area (Å²) in [7, 11) is 0. The Morgan fingerprint density at radius 3 is 2.60 bits per heavy atom. The number of aliphatic imine (C=N–C) groups is 1. The van der Waals surface area contributed by atoms with E-state index in [1.165, 1.54) is 3.58 Å². The zero-order valence-electron chi connectivity index (χ0n) is 5.81. The van der Waals surface area contributed by atoms with Crippen molar-refractivity contribution in [1.29, 1.82) is 0 Å². The van der Waals surface area contributed by atoms with E-state index >= 15 is 0 Å². The Kier molecular flexibility index (Phi) is 5.60. The van der Waals surface area contributed by atoms with Crippen LogP contribution in [-0.2, 0) is 20.4 Å². The zero-order chi connectivity index (χ0) is 6.69. The quantitative estimate of drug-likeness (QED) is 0.460. The largest absolute Gasteiger partial charge is 0.438 e. The fourth-order valence-corrected chi connectivity index (χ4v) is 1.78. The van der Waals surface area contributed by atoms with Gasteiger partial charge in [0.1, 0.15) is 0 Å². The summed E-state index contributed by atoms with van der Waals surface area (Å²) in [4.78, 5) is 3.83. The molecular formula is C6H8IN2Re-. The van der Waals surface area contributed by atoms with Gasteiger partial charge in [-0.3, -0.25) is 0 Å². The van der Waals surface area contributed by atoms with E-state index in [1.807, 2.05) is 6.20 Å². The molecule has 10 heavy (non-hydrogen) atoms. The minimum Gasteiger partial charge on any atom is -0.438 e. The van der Waals surface area contributed by atoms with Crippen LogP contribution in [0, 0.1) is 5.92 Å². The van der Waals surface area contributed by atoms with Gasteiger partial charge in [0.2, 0.25) is 0 Å². The molecule has 0 aromatic heterocycles. The van der Waals surface area contributed by atoms with Crippen LogP contribution in [0.15, 0.2) is 17.9 Å². The van der Waals surface area contributed by atoms with Gasteiger partial charge in [-0.05, 0) is 33.3 Å². The third kappa shape index (κ3) is 3.13. The van der Waals surface area contributed by atoms with Crippen LogP contribution >= 0.6 is 21.0 Å². The van der Waals surface area contributed by atoms with E-state index in [4.69, 9.17) is 0 Å². The first kappa shape index (κ1) is 10.6. The van der Waals surface area contributed by atoms with Gasteiger partial charge in [-0.15, -0.1) is 6.20 Å². The van der Waals surface area contributed by atoms with Crippen molar-refractivity contribution in [3.8, 4) is 0 Å². The van der Waals surface area contributed by atoms with Crippen molar-refractivity contribution < 1.29 is 20.4 Å². The molecule has 1 rings (SSSR count). The van der Waals surface area contributed by atoms with Gasteiger partial charge < -0.3 is 8.14 Å². The van der Waals surface area contributed by atoms with Crippen molar-refractivity contribution in [2.75, 3.05) is 0 Å². The molecule has 1 heterocycles. The molecule has 0 bridgehead atoms. The first-order valence-corrected chi connectivity index (χ1v) is 4.84. The molecule has 0 fully saturated rings. The Labute approximate surface area is 85.0 Å². The van der Waals surface area contributed by atoms with Gasteiger partial charge in [0, 0.05) is 20.4 Å². The summed E-state index contributed by atoms with van der Waals surface area (Å²) >= 11 is -0.110. The summed E-state index contributed by atoms with van der Waals surface area (Å²) in [5.74, 6) is 0.618. The van der Waals surface area contributed by atoms with Gasteiger partial charge in [-0.25, -0.2) is 0 Å². The van der Waals surface area contributed by atoms with Crippen molar-refractivity contribution in [3.05, 3.63) is 9.78 Å². The van der Waals surface area contributed by atoms with Crippen molar-refractivity contribution >= 4 is 27.4 Å². The topological polar surface area (TPSA) is 24.7 Å². The van der Waals surface area contributed by atoms with Crippen LogP contribution in [0.1, 0.15) is 13.8 Å². The van der Waals surface area contributed by atoms with Gasteiger partial charge in [-0.2, -0.15) is 0 Å². The summed E-state index contributed by atoms with van der Waals surface area (Å²) in [6, 6.07) is 0. The molecular weight excluding hydrogens is 413 g/mol. The Morgan fingerprint density at radius 1 is 1.60 bits per heavy atom. The van der Waals surface area contributed by atoms with E-state index in [0.29, 0.717) is 5.92 Å². The Bertz CT molecular complexity index is 184. The molecule has 57 valence electrons. The van der Waals surface area contributed by atoms with E-state index in [0.717, 1.165) is 0 Å². The summed E-state index contributed by atoms with van der Waals surface area (Å²) in [5, 5.41) is 0. The van der Waals surface area contributed by atoms with Crippen LogP contribution in [0.25, 0.3) is 0 Å². The van der Waals surface area contributed by atoms with Gasteiger partial charge in [0.15, 0.2) is 0 Å². The maximum absolute atomic E-state index is 4.00. The van der Waals surface area contributed by atoms with Crippen molar-refractivity contribution in [1.82, 2.24) is 0 Å². The number of halogens is 1. The summed E-state index contributed by atoms with van der Waals surface area (Å²) in [6.45, 7) is 4.34. The Balaban J connectivity index is 0.000000810. The van der Waals surface area contributed by atoms with E-state index < -0.39 is 0 Å². The van der Waals surface area contributed by atoms with Gasteiger partial charge in [0.25, 0.3) is 0 Å². The van der Waals surface area contributed by atoms with Crippen molar-refractivity contribution in [2.45, 2.75) is 13.8 Å². The predicted octanol–water partition coefficient (Wildman–Crippen LogP) is 2.55. The monoisotopic (exact) mass is 422 g/mol. The smallest absolute Gasteiger partial charge is 0 e. The molecule has 1 aliphatic rings. The SMILES string of the molecule is CC(C)C1=CN=[C-]N=I1.[Re]. The number of rotatable bonds is 1. The summed E-state index contributed by atoms with van der Waals surface area (Å²) in [6.07, 6.45) is 4.49. The molecule has 0 aromatic rings. The molecule has 0 N–H and O–H groups in total. The first-order valence-electron chi connectivity index (χ1n) is 2.80. The molecule has 4 heteroatoms. The second-order valence-corrected chi connectivity index (χ2v) is 4.28. The van der Waals surface area contributed by atoms with E-state index in [9.17, 15) is 0 Å². The van der Waals surface area contributed by atoms with Crippen LogP contribution < -0.4 is 0 Å². The number of hydrogen-bond acceptors (Lipinski definition) is 2. The summed E-state index contributed by atoms with van der Waals surface area (Å²) < 4.78 is 5.40. The third-order valence-electron chi connectivity index (χ3n) is 0.975. The van der Waals surface area contributed by atoms with Crippen LogP contribution in [0.2, 0.25) is 0 Å². The normalized spacial score (nSPS) is 15.7. The van der Waals surface area contributed by atoms with Crippen LogP contribution in [0.5, 0.6) is 0 Å². The Hall–Kier alpha value is 0.602. The molecule has 0 amide bonds. The first-order chi connectivity index (χ1) is 4.30. The van der Waals surface area contributed by atoms with Crippen LogP contribution in [-0.4, -0.2) is 6.34 Å². The molecule has 0 unspecified atom stereocenters. The molecule has 0 aromatic carbocycles. The third-order valence-corrected chi connectivity index (χ3v) is 3.51. The van der Waals surface area contributed by atoms with Crippen molar-refractivity contribution in [2.24, 2.45) is 14.1 Å². The molecule has 0 saturated heterocycles. The minimum absolute atomic E-state index is 0. The maximum Gasteiger partial charge on any atom is 0 e. The van der Waals surface area contributed by atoms with Gasteiger partial charge in [0.05, 0.1) is 0 Å². The van der Waals surface area contributed by atoms with Gasteiger partial charge in [-0.1, -0.05) is 17.4 Å². The Morgan fingerprint density at radius 2 is 2.30 bits per heavy atom. The standard InChI is InChI=1S/C6H8IN2.Re/c1-5(2)6-3-8-4-9-7-6;/h3,5H,1-2H3;/q-1;. The molecule has 1 aliphatic heterocycles. The summed E-state index contributed by atoms with van der Waals surface area (Å²) in [5.41, 5.74) is 0. The number of allylic oxidation sites excluding steroid dienone is 1. The maximum atomic E-state index is 4.00. The molecule has 0 saturated carbocycles. The number of nitrogens with zero attached hydrogens (tertiary/aromatic N) is 2. The van der Waals surface area contributed by atoms with Crippen LogP contribution in [0.4, 0.5) is 0 Å². The fraction of sp³-hybridized carbons (Fsp3) is 0.500. The van der Waals surface area contributed by atoms with E-state index in [1.54, 1.807) is 0 Å². The van der Waals surface area contributed by atoms with E-state index in [2.05, 4.69) is 28.3 Å². The number of hydrogen-bond donors (Lipinski definition) is 0. The zero-order valence-corrected chi connectivity index (χ0v) is 10.7. The van der Waals surface area contributed by atoms with E-state index in [-0.39, 0.29) is 41.5 Å². The molecule has 1 radical (unpaired) electrons. The molecule has 2 nitrogen and oxygen atoms in total. The average molecular weight is 421 g/mol. The molecule has 0 atom stereocenters. The predicted molar refractivity (Wildman–Crippen MR) is 46.8 cm³/mol. The van der Waals surface area contributed by atoms with Crippen molar-refractivity contribution in [3.63, 3.8) is 0 Å². The average Bonchev–Trinajstić information content (AvgIpc) is 1.90. The molecule has 0 spiro atoms. The molecule has 0 aliphatic carbocycles. The van der Waals surface area contributed by atoms with Gasteiger partial charge >= 0.3 is 0 Å².